The van der Waals surface area contributed by atoms with Gasteiger partial charge in [0, 0.05) is 0 Å². The molecule has 0 bridgehead atoms. The monoisotopic (exact) mass is 380 g/mol. The summed E-state index contributed by atoms with van der Waals surface area (Å²) in [7, 11) is 0. The SMILES string of the molecule is CCCCc1ccc(CCc2ccc(C3CCC(CCC)CC3)cc2F)cc1. The van der Waals surface area contributed by atoms with Gasteiger partial charge in [0.25, 0.3) is 0 Å². The Bertz CT molecular complexity index is 708. The normalized spacial score (nSPS) is 19.7. The first-order chi connectivity index (χ1) is 13.7. The van der Waals surface area contributed by atoms with Crippen molar-refractivity contribution < 1.29 is 4.39 Å². The minimum Gasteiger partial charge on any atom is -0.207 e. The highest BCUT2D eigenvalue weighted by atomic mass is 19.1. The maximum absolute atomic E-state index is 14.7. The highest BCUT2D eigenvalue weighted by Crippen LogP contribution is 2.37. The topological polar surface area (TPSA) is 0 Å². The maximum Gasteiger partial charge on any atom is 0.126 e. The van der Waals surface area contributed by atoms with E-state index >= 15 is 0 Å². The van der Waals surface area contributed by atoms with Crippen LogP contribution in [-0.4, -0.2) is 0 Å². The van der Waals surface area contributed by atoms with E-state index < -0.39 is 0 Å². The summed E-state index contributed by atoms with van der Waals surface area (Å²) in [5.41, 5.74) is 4.79. The Kier molecular flexibility index (Phi) is 8.13. The van der Waals surface area contributed by atoms with Crippen LogP contribution in [0.25, 0.3) is 0 Å². The summed E-state index contributed by atoms with van der Waals surface area (Å²) in [6.45, 7) is 4.51. The van der Waals surface area contributed by atoms with Gasteiger partial charge >= 0.3 is 0 Å². The summed E-state index contributed by atoms with van der Waals surface area (Å²) in [5, 5.41) is 0. The minimum absolute atomic E-state index is 0.00672. The summed E-state index contributed by atoms with van der Waals surface area (Å²) in [4.78, 5) is 0. The lowest BCUT2D eigenvalue weighted by Crippen LogP contribution is -2.13. The van der Waals surface area contributed by atoms with Crippen molar-refractivity contribution in [1.29, 1.82) is 0 Å². The lowest BCUT2D eigenvalue weighted by atomic mass is 9.77. The van der Waals surface area contributed by atoms with Gasteiger partial charge in [-0.25, -0.2) is 4.39 Å². The van der Waals surface area contributed by atoms with Gasteiger partial charge in [-0.2, -0.15) is 0 Å². The van der Waals surface area contributed by atoms with E-state index in [1.54, 1.807) is 0 Å². The number of hydrogen-bond donors (Lipinski definition) is 0. The number of halogens is 1. The van der Waals surface area contributed by atoms with Crippen molar-refractivity contribution in [2.75, 3.05) is 0 Å². The molecule has 0 heterocycles. The van der Waals surface area contributed by atoms with Crippen molar-refractivity contribution in [3.05, 3.63) is 70.5 Å². The molecule has 0 unspecified atom stereocenters. The van der Waals surface area contributed by atoms with Crippen molar-refractivity contribution in [3.63, 3.8) is 0 Å². The molecule has 0 aliphatic heterocycles. The second-order valence-electron chi connectivity index (χ2n) is 8.78. The molecule has 0 radical (unpaired) electrons. The van der Waals surface area contributed by atoms with E-state index in [9.17, 15) is 4.39 Å². The zero-order valence-corrected chi connectivity index (χ0v) is 17.9. The van der Waals surface area contributed by atoms with Crippen LogP contribution in [0.2, 0.25) is 0 Å². The van der Waals surface area contributed by atoms with Crippen LogP contribution in [0.5, 0.6) is 0 Å². The highest BCUT2D eigenvalue weighted by Gasteiger charge is 2.22. The van der Waals surface area contributed by atoms with E-state index in [1.165, 1.54) is 68.1 Å². The summed E-state index contributed by atoms with van der Waals surface area (Å²) in [5.74, 6) is 1.46. The van der Waals surface area contributed by atoms with Gasteiger partial charge in [0.1, 0.15) is 5.82 Å². The van der Waals surface area contributed by atoms with Crippen molar-refractivity contribution in [2.45, 2.75) is 90.4 Å². The molecule has 1 aliphatic carbocycles. The van der Waals surface area contributed by atoms with E-state index in [0.29, 0.717) is 5.92 Å². The third-order valence-electron chi connectivity index (χ3n) is 6.62. The molecule has 1 heteroatoms. The fourth-order valence-corrected chi connectivity index (χ4v) is 4.75. The van der Waals surface area contributed by atoms with Crippen LogP contribution in [-0.2, 0) is 19.3 Å². The summed E-state index contributed by atoms with van der Waals surface area (Å²) in [6.07, 6.45) is 13.1. The van der Waals surface area contributed by atoms with E-state index in [1.807, 2.05) is 12.1 Å². The average Bonchev–Trinajstić information content (AvgIpc) is 2.73. The van der Waals surface area contributed by atoms with Gasteiger partial charge in [0.15, 0.2) is 0 Å². The van der Waals surface area contributed by atoms with Gasteiger partial charge in [-0.05, 0) is 91.5 Å². The van der Waals surface area contributed by atoms with E-state index in [2.05, 4.69) is 44.2 Å². The summed E-state index contributed by atoms with van der Waals surface area (Å²) in [6, 6.07) is 15.0. The van der Waals surface area contributed by atoms with E-state index in [-0.39, 0.29) is 5.82 Å². The van der Waals surface area contributed by atoms with Gasteiger partial charge < -0.3 is 0 Å². The van der Waals surface area contributed by atoms with E-state index in [0.717, 1.165) is 30.7 Å². The molecule has 0 nitrogen and oxygen atoms in total. The standard InChI is InChI=1S/C27H37F/c1-3-5-7-22-8-10-23(11-9-22)14-17-25-18-19-26(20-27(25)28)24-15-12-21(6-4-2)13-16-24/h8-11,18-21,24H,3-7,12-17H2,1-2H3. The molecule has 0 amide bonds. The Hall–Kier alpha value is -1.63. The van der Waals surface area contributed by atoms with Gasteiger partial charge in [-0.3, -0.25) is 0 Å². The van der Waals surface area contributed by atoms with Crippen LogP contribution in [0.1, 0.15) is 93.4 Å². The molecule has 1 aliphatic rings. The number of aryl methyl sites for hydroxylation is 3. The van der Waals surface area contributed by atoms with Crippen molar-refractivity contribution in [1.82, 2.24) is 0 Å². The van der Waals surface area contributed by atoms with Crippen LogP contribution >= 0.6 is 0 Å². The van der Waals surface area contributed by atoms with Crippen molar-refractivity contribution in [2.24, 2.45) is 5.92 Å². The molecule has 1 fully saturated rings. The second kappa shape index (κ2) is 10.8. The molecular weight excluding hydrogens is 343 g/mol. The average molecular weight is 381 g/mol. The van der Waals surface area contributed by atoms with Gasteiger partial charge in [-0.1, -0.05) is 69.5 Å². The van der Waals surface area contributed by atoms with Gasteiger partial charge in [-0.15, -0.1) is 0 Å². The summed E-state index contributed by atoms with van der Waals surface area (Å²) >= 11 is 0. The number of rotatable bonds is 9. The quantitative estimate of drug-likeness (QED) is 0.413. The number of unbranched alkanes of at least 4 members (excludes halogenated alkanes) is 1. The fraction of sp³-hybridized carbons (Fsp3) is 0.556. The molecule has 2 aromatic rings. The minimum atomic E-state index is -0.00672. The second-order valence-corrected chi connectivity index (χ2v) is 8.78. The summed E-state index contributed by atoms with van der Waals surface area (Å²) < 4.78 is 14.7. The third-order valence-corrected chi connectivity index (χ3v) is 6.62. The molecule has 2 aromatic carbocycles. The van der Waals surface area contributed by atoms with E-state index in [4.69, 9.17) is 0 Å². The number of benzene rings is 2. The van der Waals surface area contributed by atoms with Crippen molar-refractivity contribution >= 4 is 0 Å². The van der Waals surface area contributed by atoms with Gasteiger partial charge in [0.05, 0.1) is 0 Å². The largest absolute Gasteiger partial charge is 0.207 e. The van der Waals surface area contributed by atoms with Crippen molar-refractivity contribution in [3.8, 4) is 0 Å². The van der Waals surface area contributed by atoms with Crippen LogP contribution in [0.15, 0.2) is 42.5 Å². The molecule has 0 N–H and O–H groups in total. The lowest BCUT2D eigenvalue weighted by molar-refractivity contribution is 0.308. The molecule has 1 saturated carbocycles. The predicted molar refractivity (Wildman–Crippen MR) is 118 cm³/mol. The molecule has 0 spiro atoms. The van der Waals surface area contributed by atoms with Crippen LogP contribution in [0.3, 0.4) is 0 Å². The fourth-order valence-electron chi connectivity index (χ4n) is 4.75. The van der Waals surface area contributed by atoms with Gasteiger partial charge in [0.2, 0.25) is 0 Å². The molecule has 0 atom stereocenters. The highest BCUT2D eigenvalue weighted by molar-refractivity contribution is 5.29. The lowest BCUT2D eigenvalue weighted by Gasteiger charge is -2.28. The Balaban J connectivity index is 1.53. The first kappa shape index (κ1) is 21.1. The van der Waals surface area contributed by atoms with Crippen LogP contribution in [0.4, 0.5) is 4.39 Å². The Morgan fingerprint density at radius 3 is 2.07 bits per heavy atom. The number of hydrogen-bond acceptors (Lipinski definition) is 0. The third kappa shape index (κ3) is 5.93. The molecule has 28 heavy (non-hydrogen) atoms. The van der Waals surface area contributed by atoms with Crippen LogP contribution < -0.4 is 0 Å². The smallest absolute Gasteiger partial charge is 0.126 e. The zero-order valence-electron chi connectivity index (χ0n) is 17.9. The Morgan fingerprint density at radius 1 is 0.786 bits per heavy atom. The molecule has 152 valence electrons. The Labute approximate surface area is 171 Å². The predicted octanol–water partition coefficient (Wildman–Crippen LogP) is 8.03. The molecule has 0 saturated heterocycles. The van der Waals surface area contributed by atoms with Crippen LogP contribution in [0, 0.1) is 11.7 Å². The maximum atomic E-state index is 14.7. The Morgan fingerprint density at radius 2 is 1.46 bits per heavy atom. The molecular formula is C27H37F. The first-order valence-electron chi connectivity index (χ1n) is 11.6. The first-order valence-corrected chi connectivity index (χ1v) is 11.6. The zero-order chi connectivity index (χ0) is 19.8. The molecule has 3 rings (SSSR count). The molecule has 0 aromatic heterocycles.